The van der Waals surface area contributed by atoms with Crippen molar-refractivity contribution in [3.63, 3.8) is 0 Å². The van der Waals surface area contributed by atoms with E-state index in [9.17, 15) is 19.7 Å². The van der Waals surface area contributed by atoms with E-state index in [1.165, 1.54) is 40.0 Å². The molecule has 0 spiro atoms. The molecule has 1 aromatic carbocycles. The highest BCUT2D eigenvalue weighted by Crippen LogP contribution is 2.17. The molecule has 1 aromatic heterocycles. The van der Waals surface area contributed by atoms with E-state index in [0.29, 0.717) is 12.2 Å². The van der Waals surface area contributed by atoms with Crippen LogP contribution < -0.4 is 0 Å². The van der Waals surface area contributed by atoms with Gasteiger partial charge in [-0.3, -0.25) is 19.7 Å². The fourth-order valence-electron chi connectivity index (χ4n) is 2.44. The minimum Gasteiger partial charge on any atom is -0.481 e. The van der Waals surface area contributed by atoms with Gasteiger partial charge < -0.3 is 10.0 Å². The molecule has 0 saturated heterocycles. The molecule has 1 amide bonds. The predicted octanol–water partition coefficient (Wildman–Crippen LogP) is 2.35. The first-order chi connectivity index (χ1) is 12.3. The predicted molar refractivity (Wildman–Crippen MR) is 93.2 cm³/mol. The van der Waals surface area contributed by atoms with Crippen LogP contribution in [0, 0.1) is 16.0 Å². The fourth-order valence-corrected chi connectivity index (χ4v) is 2.44. The largest absolute Gasteiger partial charge is 0.481 e. The van der Waals surface area contributed by atoms with E-state index in [1.807, 2.05) is 13.8 Å². The van der Waals surface area contributed by atoms with Crippen molar-refractivity contribution in [3.05, 3.63) is 52.3 Å². The van der Waals surface area contributed by atoms with Crippen molar-refractivity contribution in [2.75, 3.05) is 13.1 Å². The SMILES string of the molecule is CC(C)CN(CCC(=O)O)C(=O)c1ccn(-c2cccc([N+](=O)[O-])c2)n1. The van der Waals surface area contributed by atoms with Crippen molar-refractivity contribution in [3.8, 4) is 5.69 Å². The Labute approximate surface area is 150 Å². The lowest BCUT2D eigenvalue weighted by molar-refractivity contribution is -0.384. The Hall–Kier alpha value is -3.23. The van der Waals surface area contributed by atoms with Crippen molar-refractivity contribution in [1.29, 1.82) is 0 Å². The Morgan fingerprint density at radius 3 is 2.69 bits per heavy atom. The highest BCUT2D eigenvalue weighted by atomic mass is 16.6. The lowest BCUT2D eigenvalue weighted by atomic mass is 10.2. The molecule has 0 aliphatic heterocycles. The zero-order valence-corrected chi connectivity index (χ0v) is 14.5. The third kappa shape index (κ3) is 4.88. The Balaban J connectivity index is 2.23. The van der Waals surface area contributed by atoms with Crippen LogP contribution >= 0.6 is 0 Å². The number of carbonyl (C=O) groups is 2. The third-order valence-electron chi connectivity index (χ3n) is 3.58. The van der Waals surface area contributed by atoms with Gasteiger partial charge in [0.1, 0.15) is 0 Å². The van der Waals surface area contributed by atoms with E-state index >= 15 is 0 Å². The maximum atomic E-state index is 12.7. The van der Waals surface area contributed by atoms with Crippen LogP contribution in [0.25, 0.3) is 5.69 Å². The van der Waals surface area contributed by atoms with Crippen LogP contribution in [0.15, 0.2) is 36.5 Å². The molecule has 2 rings (SSSR count). The van der Waals surface area contributed by atoms with Gasteiger partial charge in [0.05, 0.1) is 17.0 Å². The highest BCUT2D eigenvalue weighted by molar-refractivity contribution is 5.92. The van der Waals surface area contributed by atoms with Gasteiger partial charge in [-0.25, -0.2) is 4.68 Å². The van der Waals surface area contributed by atoms with Gasteiger partial charge in [0.15, 0.2) is 5.69 Å². The molecule has 2 aromatic rings. The number of aliphatic carboxylic acids is 1. The minimum atomic E-state index is -0.978. The molecular weight excluding hydrogens is 340 g/mol. The fraction of sp³-hybridized carbons (Fsp3) is 0.353. The summed E-state index contributed by atoms with van der Waals surface area (Å²) in [6.07, 6.45) is 1.39. The molecule has 0 fully saturated rings. The Kier molecular flexibility index (Phi) is 6.05. The molecule has 0 bridgehead atoms. The number of carbonyl (C=O) groups excluding carboxylic acids is 1. The number of nitro benzene ring substituents is 1. The van der Waals surface area contributed by atoms with Gasteiger partial charge >= 0.3 is 5.97 Å². The number of carboxylic acids is 1. The topological polar surface area (TPSA) is 119 Å². The monoisotopic (exact) mass is 360 g/mol. The van der Waals surface area contributed by atoms with Crippen LogP contribution in [0.3, 0.4) is 0 Å². The van der Waals surface area contributed by atoms with Crippen LogP contribution in [0.4, 0.5) is 5.69 Å². The van der Waals surface area contributed by atoms with Crippen LogP contribution in [0.2, 0.25) is 0 Å². The standard InChI is InChI=1S/C17H20N4O5/c1-12(2)11-19(8-7-16(22)23)17(24)15-6-9-20(18-15)13-4-3-5-14(10-13)21(25)26/h3-6,9-10,12H,7-8,11H2,1-2H3,(H,22,23). The van der Waals surface area contributed by atoms with Crippen molar-refractivity contribution >= 4 is 17.6 Å². The molecule has 0 unspecified atom stereocenters. The lowest BCUT2D eigenvalue weighted by Gasteiger charge is -2.23. The second kappa shape index (κ2) is 8.24. The smallest absolute Gasteiger partial charge is 0.305 e. The van der Waals surface area contributed by atoms with Crippen LogP contribution in [0.5, 0.6) is 0 Å². The number of nitrogens with zero attached hydrogens (tertiary/aromatic N) is 4. The third-order valence-corrected chi connectivity index (χ3v) is 3.58. The van der Waals surface area contributed by atoms with Crippen LogP contribution in [0.1, 0.15) is 30.8 Å². The normalized spacial score (nSPS) is 10.7. The number of amides is 1. The van der Waals surface area contributed by atoms with E-state index in [2.05, 4.69) is 5.10 Å². The molecule has 0 saturated carbocycles. The number of benzene rings is 1. The lowest BCUT2D eigenvalue weighted by Crippen LogP contribution is -2.36. The van der Waals surface area contributed by atoms with E-state index in [4.69, 9.17) is 5.11 Å². The molecule has 1 heterocycles. The van der Waals surface area contributed by atoms with E-state index in [0.717, 1.165) is 0 Å². The summed E-state index contributed by atoms with van der Waals surface area (Å²) in [6, 6.07) is 7.42. The average Bonchev–Trinajstić information content (AvgIpc) is 3.07. The Morgan fingerprint density at radius 2 is 2.08 bits per heavy atom. The summed E-state index contributed by atoms with van der Waals surface area (Å²) in [5.74, 6) is -1.18. The molecule has 0 radical (unpaired) electrons. The summed E-state index contributed by atoms with van der Waals surface area (Å²) in [5, 5.41) is 23.9. The average molecular weight is 360 g/mol. The maximum absolute atomic E-state index is 12.7. The van der Waals surface area contributed by atoms with Crippen molar-refractivity contribution in [2.24, 2.45) is 5.92 Å². The zero-order valence-electron chi connectivity index (χ0n) is 14.5. The number of aromatic nitrogens is 2. The minimum absolute atomic E-state index is 0.0752. The van der Waals surface area contributed by atoms with E-state index < -0.39 is 10.9 Å². The molecule has 0 atom stereocenters. The number of rotatable bonds is 8. The molecule has 9 nitrogen and oxygen atoms in total. The summed E-state index contributed by atoms with van der Waals surface area (Å²) >= 11 is 0. The van der Waals surface area contributed by atoms with Crippen molar-refractivity contribution < 1.29 is 19.6 Å². The number of non-ortho nitro benzene ring substituents is 1. The van der Waals surface area contributed by atoms with Crippen molar-refractivity contribution in [1.82, 2.24) is 14.7 Å². The molecule has 0 aliphatic rings. The van der Waals surface area contributed by atoms with Gasteiger partial charge in [-0.1, -0.05) is 19.9 Å². The van der Waals surface area contributed by atoms with Gasteiger partial charge in [0.2, 0.25) is 0 Å². The zero-order chi connectivity index (χ0) is 19.3. The van der Waals surface area contributed by atoms with Crippen molar-refractivity contribution in [2.45, 2.75) is 20.3 Å². The van der Waals surface area contributed by atoms with Gasteiger partial charge in [-0.2, -0.15) is 5.10 Å². The maximum Gasteiger partial charge on any atom is 0.305 e. The Morgan fingerprint density at radius 1 is 1.35 bits per heavy atom. The van der Waals surface area contributed by atoms with Gasteiger partial charge in [-0.05, 0) is 18.1 Å². The van der Waals surface area contributed by atoms with Gasteiger partial charge in [0.25, 0.3) is 11.6 Å². The first-order valence-corrected chi connectivity index (χ1v) is 8.09. The molecule has 9 heteroatoms. The van der Waals surface area contributed by atoms with Gasteiger partial charge in [0, 0.05) is 31.4 Å². The molecule has 0 aliphatic carbocycles. The van der Waals surface area contributed by atoms with E-state index in [-0.39, 0.29) is 36.2 Å². The first-order valence-electron chi connectivity index (χ1n) is 8.09. The number of hydrogen-bond donors (Lipinski definition) is 1. The molecule has 138 valence electrons. The van der Waals surface area contributed by atoms with Crippen LogP contribution in [-0.4, -0.2) is 49.7 Å². The number of nitro groups is 1. The second-order valence-corrected chi connectivity index (χ2v) is 6.21. The first kappa shape index (κ1) is 19.1. The highest BCUT2D eigenvalue weighted by Gasteiger charge is 2.20. The summed E-state index contributed by atoms with van der Waals surface area (Å²) in [7, 11) is 0. The number of hydrogen-bond acceptors (Lipinski definition) is 5. The second-order valence-electron chi connectivity index (χ2n) is 6.21. The molecule has 1 N–H and O–H groups in total. The van der Waals surface area contributed by atoms with Gasteiger partial charge in [-0.15, -0.1) is 0 Å². The molecular formula is C17H20N4O5. The van der Waals surface area contributed by atoms with E-state index in [1.54, 1.807) is 6.07 Å². The summed E-state index contributed by atoms with van der Waals surface area (Å²) in [5.41, 5.74) is 0.538. The summed E-state index contributed by atoms with van der Waals surface area (Å²) in [4.78, 5) is 35.3. The quantitative estimate of drug-likeness (QED) is 0.570. The Bertz CT molecular complexity index is 815. The molecule has 26 heavy (non-hydrogen) atoms. The summed E-state index contributed by atoms with van der Waals surface area (Å²) < 4.78 is 1.38. The number of carboxylic acid groups (broad SMARTS) is 1. The summed E-state index contributed by atoms with van der Waals surface area (Å²) in [6.45, 7) is 4.37. The van der Waals surface area contributed by atoms with Crippen LogP contribution in [-0.2, 0) is 4.79 Å².